The molecule has 1 fully saturated rings. The standard InChI is InChI=1S/C18H26O12/c1-26-12(21)5-9-8(3-4-19)17(28-7-10(9)16(25)27-2)30-18-15(24)14(23)13(22)11(6-20)29-18/h3,7,9,11,13-15,17-20,22-24H,4-6H2,1-2H3/b8-3+/t9-,11-,13-,14+,15-,17+,18+/m1/s1. The summed E-state index contributed by atoms with van der Waals surface area (Å²) in [4.78, 5) is 24.0. The molecule has 0 saturated carbocycles. The summed E-state index contributed by atoms with van der Waals surface area (Å²) in [5.74, 6) is -2.38. The Morgan fingerprint density at radius 3 is 2.37 bits per heavy atom. The van der Waals surface area contributed by atoms with Crippen molar-refractivity contribution >= 4 is 11.9 Å². The van der Waals surface area contributed by atoms with Gasteiger partial charge in [0, 0.05) is 11.5 Å². The van der Waals surface area contributed by atoms with Crippen LogP contribution in [0.2, 0.25) is 0 Å². The molecule has 12 heteroatoms. The van der Waals surface area contributed by atoms with Crippen LogP contribution in [0.25, 0.3) is 0 Å². The normalized spacial score (nSPS) is 35.4. The van der Waals surface area contributed by atoms with E-state index in [9.17, 15) is 35.1 Å². The Kier molecular flexibility index (Phi) is 8.73. The van der Waals surface area contributed by atoms with Crippen LogP contribution in [-0.4, -0.2) is 102 Å². The average Bonchev–Trinajstić information content (AvgIpc) is 2.75. The van der Waals surface area contributed by atoms with Gasteiger partial charge >= 0.3 is 11.9 Å². The molecule has 2 heterocycles. The van der Waals surface area contributed by atoms with Gasteiger partial charge in [0.2, 0.25) is 6.29 Å². The molecule has 30 heavy (non-hydrogen) atoms. The van der Waals surface area contributed by atoms with E-state index in [2.05, 4.69) is 4.74 Å². The Balaban J connectivity index is 2.32. The highest BCUT2D eigenvalue weighted by Gasteiger charge is 2.46. The summed E-state index contributed by atoms with van der Waals surface area (Å²) >= 11 is 0. The van der Waals surface area contributed by atoms with Crippen molar-refractivity contribution in [2.24, 2.45) is 5.92 Å². The minimum Gasteiger partial charge on any atom is -0.469 e. The van der Waals surface area contributed by atoms with E-state index in [-0.39, 0.29) is 17.6 Å². The Morgan fingerprint density at radius 1 is 1.10 bits per heavy atom. The van der Waals surface area contributed by atoms with E-state index in [0.29, 0.717) is 0 Å². The van der Waals surface area contributed by atoms with Crippen LogP contribution in [0.3, 0.4) is 0 Å². The van der Waals surface area contributed by atoms with Crippen molar-refractivity contribution in [2.45, 2.75) is 43.4 Å². The third-order valence-corrected chi connectivity index (χ3v) is 4.82. The van der Waals surface area contributed by atoms with Gasteiger partial charge in [0.25, 0.3) is 0 Å². The van der Waals surface area contributed by atoms with Crippen molar-refractivity contribution in [3.63, 3.8) is 0 Å². The predicted molar refractivity (Wildman–Crippen MR) is 95.1 cm³/mol. The Hall–Kier alpha value is -2.06. The van der Waals surface area contributed by atoms with Crippen molar-refractivity contribution in [2.75, 3.05) is 27.4 Å². The summed E-state index contributed by atoms with van der Waals surface area (Å²) < 4.78 is 25.6. The number of rotatable bonds is 7. The van der Waals surface area contributed by atoms with Crippen LogP contribution in [0.15, 0.2) is 23.5 Å². The molecule has 2 aliphatic rings. The zero-order valence-corrected chi connectivity index (χ0v) is 16.4. The molecule has 1 saturated heterocycles. The maximum Gasteiger partial charge on any atom is 0.337 e. The maximum absolute atomic E-state index is 12.1. The van der Waals surface area contributed by atoms with Gasteiger partial charge in [-0.15, -0.1) is 0 Å². The number of esters is 2. The molecule has 12 nitrogen and oxygen atoms in total. The van der Waals surface area contributed by atoms with E-state index < -0.39 is 68.1 Å². The largest absolute Gasteiger partial charge is 0.469 e. The molecule has 0 aromatic heterocycles. The molecule has 7 atom stereocenters. The fourth-order valence-electron chi connectivity index (χ4n) is 3.18. The molecule has 2 rings (SSSR count). The second-order valence-electron chi connectivity index (χ2n) is 6.59. The summed E-state index contributed by atoms with van der Waals surface area (Å²) in [5.41, 5.74) is 0.110. The number of hydrogen-bond acceptors (Lipinski definition) is 12. The minimum atomic E-state index is -1.70. The molecule has 0 spiro atoms. The average molecular weight is 434 g/mol. The van der Waals surface area contributed by atoms with Gasteiger partial charge in [-0.1, -0.05) is 6.08 Å². The summed E-state index contributed by atoms with van der Waals surface area (Å²) in [7, 11) is 2.31. The third kappa shape index (κ3) is 5.16. The smallest absolute Gasteiger partial charge is 0.337 e. The van der Waals surface area contributed by atoms with Crippen LogP contribution in [0.1, 0.15) is 6.42 Å². The number of methoxy groups -OCH3 is 2. The van der Waals surface area contributed by atoms with Gasteiger partial charge < -0.3 is 49.2 Å². The van der Waals surface area contributed by atoms with E-state index in [1.165, 1.54) is 13.2 Å². The zero-order chi connectivity index (χ0) is 22.4. The fraction of sp³-hybridized carbons (Fsp3) is 0.667. The summed E-state index contributed by atoms with van der Waals surface area (Å²) in [6, 6.07) is 0. The molecule has 0 aromatic carbocycles. The van der Waals surface area contributed by atoms with E-state index in [1.54, 1.807) is 0 Å². The molecule has 0 unspecified atom stereocenters. The lowest BCUT2D eigenvalue weighted by Gasteiger charge is -2.41. The van der Waals surface area contributed by atoms with Crippen LogP contribution >= 0.6 is 0 Å². The van der Waals surface area contributed by atoms with Crippen LogP contribution in [0.4, 0.5) is 0 Å². The van der Waals surface area contributed by atoms with Crippen molar-refractivity contribution < 1.29 is 58.8 Å². The van der Waals surface area contributed by atoms with Gasteiger partial charge in [-0.25, -0.2) is 4.79 Å². The van der Waals surface area contributed by atoms with Gasteiger partial charge in [0.1, 0.15) is 24.4 Å². The summed E-state index contributed by atoms with van der Waals surface area (Å²) in [6.45, 7) is -1.16. The number of carbonyl (C=O) groups is 2. The van der Waals surface area contributed by atoms with Crippen molar-refractivity contribution in [3.05, 3.63) is 23.5 Å². The lowest BCUT2D eigenvalue weighted by molar-refractivity contribution is -0.327. The van der Waals surface area contributed by atoms with Gasteiger partial charge in [0.05, 0.1) is 45.7 Å². The van der Waals surface area contributed by atoms with Gasteiger partial charge in [0.15, 0.2) is 6.29 Å². The molecule has 0 aliphatic carbocycles. The third-order valence-electron chi connectivity index (χ3n) is 4.82. The maximum atomic E-state index is 12.1. The molecular weight excluding hydrogens is 408 g/mol. The molecule has 170 valence electrons. The summed E-state index contributed by atoms with van der Waals surface area (Å²) in [5, 5.41) is 48.7. The topological polar surface area (TPSA) is 181 Å². The minimum absolute atomic E-state index is 0.0312. The number of ether oxygens (including phenoxy) is 5. The van der Waals surface area contributed by atoms with Gasteiger partial charge in [-0.05, 0) is 0 Å². The molecule has 5 N–H and O–H groups in total. The second kappa shape index (κ2) is 10.8. The van der Waals surface area contributed by atoms with E-state index in [1.807, 2.05) is 0 Å². The lowest BCUT2D eigenvalue weighted by atomic mass is 9.86. The zero-order valence-electron chi connectivity index (χ0n) is 16.4. The number of aliphatic hydroxyl groups is 5. The van der Waals surface area contributed by atoms with Crippen LogP contribution in [0.5, 0.6) is 0 Å². The molecule has 0 bridgehead atoms. The van der Waals surface area contributed by atoms with Gasteiger partial charge in [-0.3, -0.25) is 4.79 Å². The Labute approximate surface area is 171 Å². The highest BCUT2D eigenvalue weighted by Crippen LogP contribution is 2.36. The predicted octanol–water partition coefficient (Wildman–Crippen LogP) is -2.69. The number of aliphatic hydroxyl groups excluding tert-OH is 5. The lowest BCUT2D eigenvalue weighted by Crippen LogP contribution is -2.60. The highest BCUT2D eigenvalue weighted by molar-refractivity contribution is 5.90. The molecule has 0 aromatic rings. The van der Waals surface area contributed by atoms with Crippen LogP contribution < -0.4 is 0 Å². The molecule has 0 amide bonds. The quantitative estimate of drug-likeness (QED) is 0.207. The number of hydrogen-bond donors (Lipinski definition) is 5. The first kappa shape index (κ1) is 24.2. The van der Waals surface area contributed by atoms with E-state index in [4.69, 9.17) is 18.9 Å². The molecule has 0 radical (unpaired) electrons. The second-order valence-corrected chi connectivity index (χ2v) is 6.59. The van der Waals surface area contributed by atoms with Crippen LogP contribution in [-0.2, 0) is 33.3 Å². The van der Waals surface area contributed by atoms with Crippen molar-refractivity contribution in [1.82, 2.24) is 0 Å². The van der Waals surface area contributed by atoms with E-state index >= 15 is 0 Å². The monoisotopic (exact) mass is 434 g/mol. The Bertz CT molecular complexity index is 672. The first-order chi connectivity index (χ1) is 14.3. The first-order valence-electron chi connectivity index (χ1n) is 9.06. The van der Waals surface area contributed by atoms with Crippen molar-refractivity contribution in [1.29, 1.82) is 0 Å². The van der Waals surface area contributed by atoms with Gasteiger partial charge in [-0.2, -0.15) is 0 Å². The number of carbonyl (C=O) groups excluding carboxylic acids is 2. The first-order valence-corrected chi connectivity index (χ1v) is 9.06. The molecule has 2 aliphatic heterocycles. The van der Waals surface area contributed by atoms with Crippen LogP contribution in [0, 0.1) is 5.92 Å². The van der Waals surface area contributed by atoms with Crippen molar-refractivity contribution in [3.8, 4) is 0 Å². The SMILES string of the molecule is COC(=O)C[C@H]1C(C(=O)OC)=CO[C@@H](O[C@@H]2O[C@H](CO)[C@@H](O)[C@H](O)[C@H]2O)/C1=C/CO. The Morgan fingerprint density at radius 2 is 1.80 bits per heavy atom. The fourth-order valence-corrected chi connectivity index (χ4v) is 3.18. The highest BCUT2D eigenvalue weighted by atomic mass is 16.8. The summed E-state index contributed by atoms with van der Waals surface area (Å²) in [6.07, 6.45) is -7.10. The van der Waals surface area contributed by atoms with E-state index in [0.717, 1.165) is 13.4 Å². The molecular formula is C18H26O12.